The van der Waals surface area contributed by atoms with Crippen LogP contribution < -0.4 is 5.32 Å². The van der Waals surface area contributed by atoms with Crippen LogP contribution in [0.3, 0.4) is 0 Å². The molecule has 2 heterocycles. The Morgan fingerprint density at radius 2 is 1.83 bits per heavy atom. The number of amides is 1. The Kier molecular flexibility index (Phi) is 4.43. The van der Waals surface area contributed by atoms with Crippen LogP contribution >= 0.6 is 0 Å². The van der Waals surface area contributed by atoms with Crippen molar-refractivity contribution >= 4 is 5.91 Å². The highest BCUT2D eigenvalue weighted by molar-refractivity contribution is 5.94. The molecule has 0 saturated heterocycles. The van der Waals surface area contributed by atoms with Crippen LogP contribution in [0.1, 0.15) is 28.9 Å². The molecule has 0 radical (unpaired) electrons. The van der Waals surface area contributed by atoms with Crippen molar-refractivity contribution in [1.29, 1.82) is 0 Å². The van der Waals surface area contributed by atoms with Crippen molar-refractivity contribution in [2.24, 2.45) is 0 Å². The van der Waals surface area contributed by atoms with Gasteiger partial charge in [0.1, 0.15) is 0 Å². The zero-order valence-electron chi connectivity index (χ0n) is 12.8. The van der Waals surface area contributed by atoms with Crippen molar-refractivity contribution in [2.75, 3.05) is 0 Å². The Balaban J connectivity index is 1.71. The molecule has 23 heavy (non-hydrogen) atoms. The zero-order chi connectivity index (χ0) is 16.1. The van der Waals surface area contributed by atoms with Crippen LogP contribution in [0, 0.1) is 0 Å². The van der Waals surface area contributed by atoms with E-state index in [0.717, 1.165) is 16.8 Å². The Morgan fingerprint density at radius 1 is 1.00 bits per heavy atom. The Bertz CT molecular complexity index is 771. The smallest absolute Gasteiger partial charge is 0.253 e. The van der Waals surface area contributed by atoms with Gasteiger partial charge >= 0.3 is 0 Å². The molecule has 0 bridgehead atoms. The van der Waals surface area contributed by atoms with Crippen LogP contribution in [0.15, 0.2) is 73.2 Å². The molecule has 1 amide bonds. The number of hydrogen-bond donors (Lipinski definition) is 1. The van der Waals surface area contributed by atoms with E-state index in [1.54, 1.807) is 24.7 Å². The van der Waals surface area contributed by atoms with Gasteiger partial charge in [0.25, 0.3) is 5.91 Å². The fourth-order valence-corrected chi connectivity index (χ4v) is 2.32. The predicted molar refractivity (Wildman–Crippen MR) is 89.8 cm³/mol. The van der Waals surface area contributed by atoms with Gasteiger partial charge in [0, 0.05) is 24.2 Å². The van der Waals surface area contributed by atoms with E-state index in [2.05, 4.69) is 15.3 Å². The summed E-state index contributed by atoms with van der Waals surface area (Å²) in [5.74, 6) is -0.133. The van der Waals surface area contributed by atoms with Crippen molar-refractivity contribution in [2.45, 2.75) is 13.0 Å². The van der Waals surface area contributed by atoms with Gasteiger partial charge in [-0.15, -0.1) is 0 Å². The average molecular weight is 303 g/mol. The first kappa shape index (κ1) is 14.9. The van der Waals surface area contributed by atoms with Gasteiger partial charge < -0.3 is 5.32 Å². The van der Waals surface area contributed by atoms with E-state index >= 15 is 0 Å². The highest BCUT2D eigenvalue weighted by Gasteiger charge is 2.11. The van der Waals surface area contributed by atoms with Crippen LogP contribution in [0.25, 0.3) is 11.3 Å². The average Bonchev–Trinajstić information content (AvgIpc) is 2.63. The molecule has 114 valence electrons. The molecule has 4 nitrogen and oxygen atoms in total. The molecule has 0 aliphatic heterocycles. The Morgan fingerprint density at radius 3 is 2.48 bits per heavy atom. The zero-order valence-corrected chi connectivity index (χ0v) is 12.8. The van der Waals surface area contributed by atoms with Crippen molar-refractivity contribution in [3.63, 3.8) is 0 Å². The number of carbonyl (C=O) groups excluding carboxylic acids is 1. The van der Waals surface area contributed by atoms with E-state index in [1.165, 1.54) is 0 Å². The van der Waals surface area contributed by atoms with Gasteiger partial charge in [-0.25, -0.2) is 0 Å². The van der Waals surface area contributed by atoms with Gasteiger partial charge in [-0.05, 0) is 36.8 Å². The fourth-order valence-electron chi connectivity index (χ4n) is 2.32. The molecule has 1 aromatic carbocycles. The maximum Gasteiger partial charge on any atom is 0.253 e. The van der Waals surface area contributed by atoms with Crippen LogP contribution in [0.4, 0.5) is 0 Å². The topological polar surface area (TPSA) is 54.9 Å². The maximum atomic E-state index is 12.3. The van der Waals surface area contributed by atoms with Gasteiger partial charge in [0.2, 0.25) is 0 Å². The molecule has 0 saturated carbocycles. The minimum Gasteiger partial charge on any atom is -0.345 e. The summed E-state index contributed by atoms with van der Waals surface area (Å²) in [6.07, 6.45) is 5.06. The van der Waals surface area contributed by atoms with Crippen LogP contribution in [0.2, 0.25) is 0 Å². The number of carbonyl (C=O) groups is 1. The van der Waals surface area contributed by atoms with Crippen LogP contribution in [-0.4, -0.2) is 15.9 Å². The highest BCUT2D eigenvalue weighted by Crippen LogP contribution is 2.16. The standard InChI is InChI=1S/C19H17N3O/c1-14(15-6-3-2-4-7-15)22-19(23)17-9-10-18(21-13-17)16-8-5-11-20-12-16/h2-14H,1H3,(H,22,23). The molecule has 3 aromatic rings. The molecule has 1 atom stereocenters. The molecular weight excluding hydrogens is 286 g/mol. The molecule has 1 unspecified atom stereocenters. The fraction of sp³-hybridized carbons (Fsp3) is 0.105. The van der Waals surface area contributed by atoms with Crippen LogP contribution in [-0.2, 0) is 0 Å². The lowest BCUT2D eigenvalue weighted by Gasteiger charge is -2.14. The lowest BCUT2D eigenvalue weighted by molar-refractivity contribution is 0.0939. The first-order valence-electron chi connectivity index (χ1n) is 7.46. The second-order valence-electron chi connectivity index (χ2n) is 5.28. The van der Waals surface area contributed by atoms with Crippen molar-refractivity contribution in [3.8, 4) is 11.3 Å². The Hall–Kier alpha value is -3.01. The quantitative estimate of drug-likeness (QED) is 0.800. The normalized spacial score (nSPS) is 11.7. The van der Waals surface area contributed by atoms with E-state index < -0.39 is 0 Å². The maximum absolute atomic E-state index is 12.3. The second-order valence-corrected chi connectivity index (χ2v) is 5.28. The summed E-state index contributed by atoms with van der Waals surface area (Å²) in [6, 6.07) is 17.2. The largest absolute Gasteiger partial charge is 0.345 e. The van der Waals surface area contributed by atoms with E-state index in [0.29, 0.717) is 5.56 Å². The summed E-state index contributed by atoms with van der Waals surface area (Å²) < 4.78 is 0. The summed E-state index contributed by atoms with van der Waals surface area (Å²) in [5, 5.41) is 2.98. The van der Waals surface area contributed by atoms with Gasteiger partial charge in [-0.1, -0.05) is 30.3 Å². The van der Waals surface area contributed by atoms with Gasteiger partial charge in [-0.2, -0.15) is 0 Å². The van der Waals surface area contributed by atoms with Crippen molar-refractivity contribution < 1.29 is 4.79 Å². The minimum atomic E-state index is -0.133. The number of nitrogens with one attached hydrogen (secondary N) is 1. The van der Waals surface area contributed by atoms with Gasteiger partial charge in [0.15, 0.2) is 0 Å². The molecule has 1 N–H and O–H groups in total. The third kappa shape index (κ3) is 3.61. The second kappa shape index (κ2) is 6.83. The Labute approximate surface area is 135 Å². The molecule has 0 aliphatic carbocycles. The van der Waals surface area contributed by atoms with E-state index in [-0.39, 0.29) is 11.9 Å². The number of aromatic nitrogens is 2. The van der Waals surface area contributed by atoms with Gasteiger partial charge in [0.05, 0.1) is 17.3 Å². The SMILES string of the molecule is CC(NC(=O)c1ccc(-c2cccnc2)nc1)c1ccccc1. The van der Waals surface area contributed by atoms with Gasteiger partial charge in [-0.3, -0.25) is 14.8 Å². The van der Waals surface area contributed by atoms with Crippen LogP contribution in [0.5, 0.6) is 0 Å². The van der Waals surface area contributed by atoms with E-state index in [9.17, 15) is 4.79 Å². The number of hydrogen-bond acceptors (Lipinski definition) is 3. The first-order chi connectivity index (χ1) is 11.2. The lowest BCUT2D eigenvalue weighted by Crippen LogP contribution is -2.26. The molecule has 0 spiro atoms. The summed E-state index contributed by atoms with van der Waals surface area (Å²) in [7, 11) is 0. The van der Waals surface area contributed by atoms with Crippen molar-refractivity contribution in [3.05, 3.63) is 84.3 Å². The predicted octanol–water partition coefficient (Wildman–Crippen LogP) is 3.63. The van der Waals surface area contributed by atoms with E-state index in [4.69, 9.17) is 0 Å². The molecule has 0 aliphatic rings. The summed E-state index contributed by atoms with van der Waals surface area (Å²) in [4.78, 5) is 20.7. The highest BCUT2D eigenvalue weighted by atomic mass is 16.1. The number of nitrogens with zero attached hydrogens (tertiary/aromatic N) is 2. The molecule has 2 aromatic heterocycles. The minimum absolute atomic E-state index is 0.0540. The number of benzene rings is 1. The van der Waals surface area contributed by atoms with E-state index in [1.807, 2.05) is 55.5 Å². The molecule has 3 rings (SSSR count). The molecule has 4 heteroatoms. The number of pyridine rings is 2. The molecular formula is C19H17N3O. The third-order valence-electron chi connectivity index (χ3n) is 3.63. The monoisotopic (exact) mass is 303 g/mol. The summed E-state index contributed by atoms with van der Waals surface area (Å²) in [5.41, 5.74) is 3.34. The molecule has 0 fully saturated rings. The van der Waals surface area contributed by atoms with Crippen molar-refractivity contribution in [1.82, 2.24) is 15.3 Å². The number of rotatable bonds is 4. The summed E-state index contributed by atoms with van der Waals surface area (Å²) >= 11 is 0. The summed E-state index contributed by atoms with van der Waals surface area (Å²) in [6.45, 7) is 1.96. The third-order valence-corrected chi connectivity index (χ3v) is 3.63. The lowest BCUT2D eigenvalue weighted by atomic mass is 10.1. The first-order valence-corrected chi connectivity index (χ1v) is 7.46.